The number of rotatable bonds is 3. The first-order valence-corrected chi connectivity index (χ1v) is 5.63. The van der Waals surface area contributed by atoms with Crippen molar-refractivity contribution in [3.8, 4) is 0 Å². The van der Waals surface area contributed by atoms with Crippen LogP contribution in [-0.4, -0.2) is 36.0 Å². The third kappa shape index (κ3) is 1.83. The number of hydrogen-bond donors (Lipinski definition) is 0. The third-order valence-corrected chi connectivity index (χ3v) is 2.92. The Hall–Kier alpha value is -2.05. The summed E-state index contributed by atoms with van der Waals surface area (Å²) < 4.78 is 3.74. The van der Waals surface area contributed by atoms with Crippen molar-refractivity contribution in [1.29, 1.82) is 0 Å². The van der Waals surface area contributed by atoms with Crippen LogP contribution in [-0.2, 0) is 19.5 Å². The van der Waals surface area contributed by atoms with Crippen molar-refractivity contribution in [2.75, 3.05) is 0 Å². The van der Waals surface area contributed by atoms with Gasteiger partial charge in [0.05, 0.1) is 6.20 Å². The van der Waals surface area contributed by atoms with Crippen molar-refractivity contribution in [3.63, 3.8) is 0 Å². The van der Waals surface area contributed by atoms with Gasteiger partial charge in [-0.25, -0.2) is 4.68 Å². The first-order chi connectivity index (χ1) is 8.36. The van der Waals surface area contributed by atoms with E-state index in [0.717, 1.165) is 31.0 Å². The smallest absolute Gasteiger partial charge is 0.171 e. The van der Waals surface area contributed by atoms with E-state index >= 15 is 0 Å². The molecule has 0 amide bonds. The zero-order chi connectivity index (χ0) is 11.7. The van der Waals surface area contributed by atoms with E-state index < -0.39 is 0 Å². The van der Waals surface area contributed by atoms with E-state index in [1.54, 1.807) is 10.9 Å². The molecule has 0 saturated carbocycles. The van der Waals surface area contributed by atoms with E-state index in [-0.39, 0.29) is 0 Å². The molecule has 7 nitrogen and oxygen atoms in total. The van der Waals surface area contributed by atoms with Gasteiger partial charge in [0.2, 0.25) is 0 Å². The summed E-state index contributed by atoms with van der Waals surface area (Å²) in [7, 11) is 0. The molecular weight excluding hydrogens is 220 g/mol. The number of fused-ring (bicyclic) bond motifs is 1. The molecule has 2 aromatic rings. The fourth-order valence-electron chi connectivity index (χ4n) is 2.08. The van der Waals surface area contributed by atoms with Crippen LogP contribution in [0.1, 0.15) is 35.0 Å². The first kappa shape index (κ1) is 10.1. The topological polar surface area (TPSA) is 78.5 Å². The first-order valence-electron chi connectivity index (χ1n) is 5.63. The quantitative estimate of drug-likeness (QED) is 0.699. The molecule has 0 saturated heterocycles. The van der Waals surface area contributed by atoms with E-state index in [1.165, 1.54) is 6.42 Å². The number of aromatic nitrogens is 6. The van der Waals surface area contributed by atoms with Gasteiger partial charge in [0, 0.05) is 13.0 Å². The third-order valence-electron chi connectivity index (χ3n) is 2.92. The van der Waals surface area contributed by atoms with E-state index in [0.29, 0.717) is 18.5 Å². The molecule has 0 radical (unpaired) electrons. The molecule has 0 bridgehead atoms. The predicted molar refractivity (Wildman–Crippen MR) is 57.5 cm³/mol. The van der Waals surface area contributed by atoms with Gasteiger partial charge in [-0.2, -0.15) is 0 Å². The SMILES string of the molecule is O=Cc1cn(Cc2nnc3n2CCCC3)nn1. The average Bonchev–Trinajstić information content (AvgIpc) is 2.97. The van der Waals surface area contributed by atoms with Crippen LogP contribution in [0.25, 0.3) is 0 Å². The van der Waals surface area contributed by atoms with Crippen LogP contribution in [0.4, 0.5) is 0 Å². The van der Waals surface area contributed by atoms with E-state index in [1.807, 2.05) is 0 Å². The van der Waals surface area contributed by atoms with Gasteiger partial charge in [0.1, 0.15) is 18.1 Å². The van der Waals surface area contributed by atoms with Crippen molar-refractivity contribution < 1.29 is 4.79 Å². The molecule has 7 heteroatoms. The van der Waals surface area contributed by atoms with Crippen molar-refractivity contribution in [3.05, 3.63) is 23.5 Å². The van der Waals surface area contributed by atoms with Gasteiger partial charge in [0.15, 0.2) is 12.1 Å². The molecule has 0 aromatic carbocycles. The van der Waals surface area contributed by atoms with Crippen molar-refractivity contribution in [1.82, 2.24) is 29.8 Å². The molecule has 0 fully saturated rings. The van der Waals surface area contributed by atoms with Gasteiger partial charge < -0.3 is 4.57 Å². The highest BCUT2D eigenvalue weighted by Crippen LogP contribution is 2.14. The van der Waals surface area contributed by atoms with Gasteiger partial charge >= 0.3 is 0 Å². The summed E-state index contributed by atoms with van der Waals surface area (Å²) in [5.74, 6) is 1.92. The second kappa shape index (κ2) is 4.08. The van der Waals surface area contributed by atoms with Crippen LogP contribution in [0.3, 0.4) is 0 Å². The fourth-order valence-corrected chi connectivity index (χ4v) is 2.08. The summed E-state index contributed by atoms with van der Waals surface area (Å²) in [5, 5.41) is 15.9. The fraction of sp³-hybridized carbons (Fsp3) is 0.500. The molecule has 88 valence electrons. The second-order valence-corrected chi connectivity index (χ2v) is 4.10. The maximum absolute atomic E-state index is 10.5. The van der Waals surface area contributed by atoms with Crippen LogP contribution < -0.4 is 0 Å². The molecule has 3 rings (SSSR count). The van der Waals surface area contributed by atoms with Crippen molar-refractivity contribution >= 4 is 6.29 Å². The van der Waals surface area contributed by atoms with Gasteiger partial charge in [-0.3, -0.25) is 4.79 Å². The minimum absolute atomic E-state index is 0.336. The summed E-state index contributed by atoms with van der Waals surface area (Å²) in [4.78, 5) is 10.5. The average molecular weight is 232 g/mol. The lowest BCUT2D eigenvalue weighted by Gasteiger charge is -2.14. The number of carbonyl (C=O) groups excluding carboxylic acids is 1. The Bertz CT molecular complexity index is 543. The number of carbonyl (C=O) groups is 1. The molecule has 0 spiro atoms. The van der Waals surface area contributed by atoms with Crippen LogP contribution in [0.15, 0.2) is 6.20 Å². The Labute approximate surface area is 97.5 Å². The number of aryl methyl sites for hydroxylation is 1. The largest absolute Gasteiger partial charge is 0.313 e. The van der Waals surface area contributed by atoms with Crippen LogP contribution >= 0.6 is 0 Å². The summed E-state index contributed by atoms with van der Waals surface area (Å²) in [6, 6.07) is 0. The Morgan fingerprint density at radius 1 is 1.29 bits per heavy atom. The highest BCUT2D eigenvalue weighted by atomic mass is 16.1. The lowest BCUT2D eigenvalue weighted by atomic mass is 10.2. The number of hydrogen-bond acceptors (Lipinski definition) is 5. The van der Waals surface area contributed by atoms with Crippen LogP contribution in [0, 0.1) is 0 Å². The van der Waals surface area contributed by atoms with E-state index in [4.69, 9.17) is 0 Å². The van der Waals surface area contributed by atoms with Crippen LogP contribution in [0.5, 0.6) is 0 Å². The zero-order valence-corrected chi connectivity index (χ0v) is 9.28. The van der Waals surface area contributed by atoms with Crippen LogP contribution in [0.2, 0.25) is 0 Å². The van der Waals surface area contributed by atoms with E-state index in [9.17, 15) is 4.79 Å². The summed E-state index contributed by atoms with van der Waals surface area (Å²) in [6.07, 6.45) is 5.62. The number of aldehydes is 1. The summed E-state index contributed by atoms with van der Waals surface area (Å²) in [5.41, 5.74) is 0.336. The van der Waals surface area contributed by atoms with Gasteiger partial charge in [-0.05, 0) is 12.8 Å². The maximum atomic E-state index is 10.5. The molecule has 3 heterocycles. The van der Waals surface area contributed by atoms with Gasteiger partial charge in [0.25, 0.3) is 0 Å². The molecule has 1 aliphatic heterocycles. The molecule has 1 aliphatic rings. The van der Waals surface area contributed by atoms with Crippen molar-refractivity contribution in [2.24, 2.45) is 0 Å². The molecule has 2 aromatic heterocycles. The lowest BCUT2D eigenvalue weighted by molar-refractivity contribution is 0.111. The highest BCUT2D eigenvalue weighted by molar-refractivity contribution is 5.70. The summed E-state index contributed by atoms with van der Waals surface area (Å²) in [6.45, 7) is 1.47. The predicted octanol–water partition coefficient (Wildman–Crippen LogP) is 0.0667. The molecule has 0 unspecified atom stereocenters. The molecule has 0 N–H and O–H groups in total. The van der Waals surface area contributed by atoms with Gasteiger partial charge in [-0.15, -0.1) is 15.3 Å². The molecule has 0 atom stereocenters. The minimum atomic E-state index is 0.336. The summed E-state index contributed by atoms with van der Waals surface area (Å²) >= 11 is 0. The minimum Gasteiger partial charge on any atom is -0.313 e. The second-order valence-electron chi connectivity index (χ2n) is 4.10. The zero-order valence-electron chi connectivity index (χ0n) is 9.28. The maximum Gasteiger partial charge on any atom is 0.171 e. The molecule has 17 heavy (non-hydrogen) atoms. The van der Waals surface area contributed by atoms with Gasteiger partial charge in [-0.1, -0.05) is 5.21 Å². The standard InChI is InChI=1S/C10H12N6O/c17-7-8-5-15(14-11-8)6-10-13-12-9-3-1-2-4-16(9)10/h5,7H,1-4,6H2. The normalized spacial score (nSPS) is 14.6. The monoisotopic (exact) mass is 232 g/mol. The molecule has 0 aliphatic carbocycles. The highest BCUT2D eigenvalue weighted by Gasteiger charge is 2.16. The van der Waals surface area contributed by atoms with Crippen molar-refractivity contribution in [2.45, 2.75) is 32.4 Å². The Balaban J connectivity index is 1.85. The Morgan fingerprint density at radius 2 is 2.24 bits per heavy atom. The Morgan fingerprint density at radius 3 is 3.06 bits per heavy atom. The molecular formula is C10H12N6O. The Kier molecular flexibility index (Phi) is 2.43. The lowest BCUT2D eigenvalue weighted by Crippen LogP contribution is -2.15. The van der Waals surface area contributed by atoms with E-state index in [2.05, 4.69) is 25.1 Å². The number of nitrogens with zero attached hydrogens (tertiary/aromatic N) is 6.